The van der Waals surface area contributed by atoms with Gasteiger partial charge < -0.3 is 20.3 Å². The number of ether oxygens (including phenoxy) is 1. The Morgan fingerprint density at radius 2 is 1.91 bits per heavy atom. The molecule has 0 bridgehead atoms. The minimum absolute atomic E-state index is 0.0965. The summed E-state index contributed by atoms with van der Waals surface area (Å²) in [7, 11) is 0. The number of nitrogens with one attached hydrogen (secondary N) is 2. The fourth-order valence-corrected chi connectivity index (χ4v) is 4.44. The van der Waals surface area contributed by atoms with Gasteiger partial charge in [0.25, 0.3) is 0 Å². The summed E-state index contributed by atoms with van der Waals surface area (Å²) in [6, 6.07) is 9.71. The van der Waals surface area contributed by atoms with Crippen molar-refractivity contribution in [2.75, 3.05) is 41.3 Å². The van der Waals surface area contributed by atoms with Crippen molar-refractivity contribution in [2.24, 2.45) is 0 Å². The van der Waals surface area contributed by atoms with Gasteiger partial charge in [-0.3, -0.25) is 9.69 Å². The van der Waals surface area contributed by atoms with Crippen LogP contribution in [0.5, 0.6) is 0 Å². The van der Waals surface area contributed by atoms with Crippen LogP contribution in [-0.2, 0) is 9.53 Å². The van der Waals surface area contributed by atoms with Crippen LogP contribution in [-0.4, -0.2) is 50.3 Å². The maximum Gasteiger partial charge on any atom is 0.414 e. The first-order chi connectivity index (χ1) is 15.8. The van der Waals surface area contributed by atoms with Crippen molar-refractivity contribution in [3.63, 3.8) is 0 Å². The average Bonchev–Trinajstić information content (AvgIpc) is 3.15. The number of carbonyl (C=O) groups excluding carboxylic acids is 2. The smallest absolute Gasteiger partial charge is 0.414 e. The second-order valence-electron chi connectivity index (χ2n) is 8.22. The Bertz CT molecular complexity index is 1050. The van der Waals surface area contributed by atoms with Crippen molar-refractivity contribution < 1.29 is 23.1 Å². The molecule has 2 N–H and O–H groups in total. The van der Waals surface area contributed by atoms with Crippen LogP contribution < -0.4 is 20.4 Å². The maximum absolute atomic E-state index is 15.0. The molecule has 2 saturated heterocycles. The van der Waals surface area contributed by atoms with Crippen LogP contribution in [0.4, 0.5) is 30.6 Å². The summed E-state index contributed by atoms with van der Waals surface area (Å²) in [5, 5.41) is 5.85. The SMILES string of the molecule is CC(=O)NC[C@H]1CN(c2ccc(N3CCC(Nc4ccc(Br)cc4F)CC3)c(F)c2)C(=O)O1. The molecule has 0 aromatic heterocycles. The third-order valence-corrected chi connectivity index (χ3v) is 6.32. The maximum atomic E-state index is 15.0. The Balaban J connectivity index is 1.35. The molecule has 33 heavy (non-hydrogen) atoms. The quantitative estimate of drug-likeness (QED) is 0.592. The van der Waals surface area contributed by atoms with Crippen molar-refractivity contribution in [1.82, 2.24) is 5.32 Å². The minimum atomic E-state index is -0.565. The van der Waals surface area contributed by atoms with E-state index in [2.05, 4.69) is 26.6 Å². The van der Waals surface area contributed by atoms with Gasteiger partial charge in [-0.2, -0.15) is 0 Å². The van der Waals surface area contributed by atoms with Gasteiger partial charge in [0.2, 0.25) is 5.91 Å². The lowest BCUT2D eigenvalue weighted by molar-refractivity contribution is -0.119. The molecule has 1 atom stereocenters. The Morgan fingerprint density at radius 1 is 1.15 bits per heavy atom. The van der Waals surface area contributed by atoms with Gasteiger partial charge in [-0.05, 0) is 49.2 Å². The van der Waals surface area contributed by atoms with Crippen LogP contribution in [0, 0.1) is 11.6 Å². The van der Waals surface area contributed by atoms with Crippen molar-refractivity contribution in [2.45, 2.75) is 31.9 Å². The first-order valence-electron chi connectivity index (χ1n) is 10.8. The van der Waals surface area contributed by atoms with Crippen LogP contribution in [0.1, 0.15) is 19.8 Å². The van der Waals surface area contributed by atoms with Crippen LogP contribution in [0.25, 0.3) is 0 Å². The van der Waals surface area contributed by atoms with Crippen molar-refractivity contribution in [1.29, 1.82) is 0 Å². The van der Waals surface area contributed by atoms with E-state index in [1.165, 1.54) is 24.0 Å². The highest BCUT2D eigenvalue weighted by Gasteiger charge is 2.33. The number of amides is 2. The Hall–Kier alpha value is -2.88. The van der Waals surface area contributed by atoms with Crippen LogP contribution in [0.2, 0.25) is 0 Å². The highest BCUT2D eigenvalue weighted by atomic mass is 79.9. The van der Waals surface area contributed by atoms with E-state index in [1.54, 1.807) is 24.3 Å². The fraction of sp³-hybridized carbons (Fsp3) is 0.391. The zero-order chi connectivity index (χ0) is 23.5. The molecule has 4 rings (SSSR count). The highest BCUT2D eigenvalue weighted by Crippen LogP contribution is 2.30. The van der Waals surface area contributed by atoms with Crippen molar-refractivity contribution >= 4 is 45.0 Å². The molecule has 0 spiro atoms. The molecule has 2 aliphatic heterocycles. The molecule has 2 heterocycles. The first-order valence-corrected chi connectivity index (χ1v) is 11.6. The number of benzene rings is 2. The van der Waals surface area contributed by atoms with Gasteiger partial charge in [-0.15, -0.1) is 0 Å². The molecule has 2 fully saturated rings. The number of rotatable bonds is 6. The summed E-state index contributed by atoms with van der Waals surface area (Å²) in [5.74, 6) is -0.940. The molecule has 2 aromatic rings. The summed E-state index contributed by atoms with van der Waals surface area (Å²) in [6.07, 6.45) is 0.427. The Morgan fingerprint density at radius 3 is 2.58 bits per heavy atom. The Labute approximate surface area is 199 Å². The number of carbonyl (C=O) groups is 2. The predicted molar refractivity (Wildman–Crippen MR) is 126 cm³/mol. The topological polar surface area (TPSA) is 73.9 Å². The summed E-state index contributed by atoms with van der Waals surface area (Å²) in [5.41, 5.74) is 1.34. The number of cyclic esters (lactones) is 1. The normalized spacial score (nSPS) is 18.9. The van der Waals surface area contributed by atoms with Crippen LogP contribution in [0.15, 0.2) is 40.9 Å². The molecule has 10 heteroatoms. The lowest BCUT2D eigenvalue weighted by Gasteiger charge is -2.34. The van der Waals surface area contributed by atoms with E-state index >= 15 is 0 Å². The Kier molecular flexibility index (Phi) is 7.02. The standard InChI is InChI=1S/C23H25BrF2N4O3/c1-14(31)27-12-18-13-30(23(32)33-18)17-3-5-22(20(26)11-17)29-8-6-16(7-9-29)28-21-4-2-15(24)10-19(21)25/h2-5,10-11,16,18,28H,6-9,12-13H2,1H3,(H,27,31)/t18-/m0/s1. The molecule has 0 saturated carbocycles. The number of hydrogen-bond acceptors (Lipinski definition) is 5. The predicted octanol–water partition coefficient (Wildman–Crippen LogP) is 4.27. The first kappa shape index (κ1) is 23.3. The average molecular weight is 523 g/mol. The fourth-order valence-electron chi connectivity index (χ4n) is 4.11. The van der Waals surface area contributed by atoms with E-state index in [9.17, 15) is 18.4 Å². The van der Waals surface area contributed by atoms with Crippen molar-refractivity contribution in [3.8, 4) is 0 Å². The molecule has 0 radical (unpaired) electrons. The van der Waals surface area contributed by atoms with Gasteiger partial charge in [-0.25, -0.2) is 13.6 Å². The molecule has 2 aliphatic rings. The molecule has 7 nitrogen and oxygen atoms in total. The summed E-state index contributed by atoms with van der Waals surface area (Å²) in [6.45, 7) is 3.08. The van der Waals surface area contributed by atoms with E-state index in [-0.39, 0.29) is 30.9 Å². The third-order valence-electron chi connectivity index (χ3n) is 5.82. The van der Waals surface area contributed by atoms with Gasteiger partial charge >= 0.3 is 6.09 Å². The summed E-state index contributed by atoms with van der Waals surface area (Å²) >= 11 is 3.25. The molecule has 0 aliphatic carbocycles. The number of anilines is 3. The van der Waals surface area contributed by atoms with Gasteiger partial charge in [-0.1, -0.05) is 15.9 Å². The second-order valence-corrected chi connectivity index (χ2v) is 9.13. The second kappa shape index (κ2) is 9.94. The van der Waals surface area contributed by atoms with Crippen LogP contribution >= 0.6 is 15.9 Å². The van der Waals surface area contributed by atoms with E-state index < -0.39 is 18.0 Å². The highest BCUT2D eigenvalue weighted by molar-refractivity contribution is 9.10. The third kappa shape index (κ3) is 5.55. The number of nitrogens with zero attached hydrogens (tertiary/aromatic N) is 2. The van der Waals surface area contributed by atoms with E-state index in [0.717, 1.165) is 12.8 Å². The summed E-state index contributed by atoms with van der Waals surface area (Å²) < 4.78 is 35.0. The zero-order valence-electron chi connectivity index (χ0n) is 18.1. The lowest BCUT2D eigenvalue weighted by Crippen LogP contribution is -2.39. The van der Waals surface area contributed by atoms with Gasteiger partial charge in [0.05, 0.1) is 30.2 Å². The molecule has 176 valence electrons. The molecular formula is C23H25BrF2N4O3. The van der Waals surface area contributed by atoms with Gasteiger partial charge in [0.1, 0.15) is 17.7 Å². The molecule has 2 amide bonds. The summed E-state index contributed by atoms with van der Waals surface area (Å²) in [4.78, 5) is 26.6. The van der Waals surface area contributed by atoms with E-state index in [4.69, 9.17) is 4.74 Å². The molecular weight excluding hydrogens is 498 g/mol. The van der Waals surface area contributed by atoms with E-state index in [0.29, 0.717) is 34.6 Å². The number of hydrogen-bond donors (Lipinski definition) is 2. The number of piperidine rings is 1. The monoisotopic (exact) mass is 522 g/mol. The van der Waals surface area contributed by atoms with Crippen molar-refractivity contribution in [3.05, 3.63) is 52.5 Å². The zero-order valence-corrected chi connectivity index (χ0v) is 19.7. The number of halogens is 3. The molecule has 2 aromatic carbocycles. The van der Waals surface area contributed by atoms with Gasteiger partial charge in [0, 0.05) is 30.5 Å². The largest absolute Gasteiger partial charge is 0.442 e. The lowest BCUT2D eigenvalue weighted by atomic mass is 10.0. The van der Waals surface area contributed by atoms with E-state index in [1.807, 2.05) is 4.90 Å². The van der Waals surface area contributed by atoms with Crippen LogP contribution in [0.3, 0.4) is 0 Å². The van der Waals surface area contributed by atoms with Gasteiger partial charge in [0.15, 0.2) is 0 Å². The minimum Gasteiger partial charge on any atom is -0.442 e. The molecule has 0 unspecified atom stereocenters.